The van der Waals surface area contributed by atoms with E-state index in [1.807, 2.05) is 4.90 Å². The van der Waals surface area contributed by atoms with Crippen LogP contribution < -0.4 is 15.5 Å². The largest absolute Gasteiger partial charge is 0.353 e. The summed E-state index contributed by atoms with van der Waals surface area (Å²) in [5.41, 5.74) is 0.487. The number of nitrogens with one attached hydrogen (secondary N) is 2. The van der Waals surface area contributed by atoms with Gasteiger partial charge in [-0.3, -0.25) is 14.4 Å². The van der Waals surface area contributed by atoms with Gasteiger partial charge in [-0.1, -0.05) is 18.2 Å². The van der Waals surface area contributed by atoms with Gasteiger partial charge in [-0.15, -0.1) is 0 Å². The van der Waals surface area contributed by atoms with Crippen LogP contribution in [0.15, 0.2) is 30.3 Å². The number of hydrogen-bond acceptors (Lipinski definition) is 4. The number of amides is 5. The number of rotatable bonds is 5. The highest BCUT2D eigenvalue weighted by Gasteiger charge is 2.40. The molecular formula is C20H24N4O4. The summed E-state index contributed by atoms with van der Waals surface area (Å²) in [5, 5.41) is 5.53. The molecule has 2 saturated heterocycles. The number of hydrogen-bond donors (Lipinski definition) is 2. The molecule has 0 spiro atoms. The quantitative estimate of drug-likeness (QED) is 0.741. The number of carbonyl (C=O) groups is 4. The molecule has 2 aliphatic heterocycles. The first-order valence-electron chi connectivity index (χ1n) is 9.80. The predicted octanol–water partition coefficient (Wildman–Crippen LogP) is 1.02. The highest BCUT2D eigenvalue weighted by molar-refractivity contribution is 6.22. The minimum atomic E-state index is -0.857. The summed E-state index contributed by atoms with van der Waals surface area (Å²) in [6, 6.07) is 7.27. The summed E-state index contributed by atoms with van der Waals surface area (Å²) in [5.74, 6) is -0.225. The first kappa shape index (κ1) is 18.5. The molecule has 3 aliphatic rings. The van der Waals surface area contributed by atoms with Crippen LogP contribution in [0.5, 0.6) is 0 Å². The minimum Gasteiger partial charge on any atom is -0.353 e. The van der Waals surface area contributed by atoms with Gasteiger partial charge in [0, 0.05) is 25.0 Å². The average molecular weight is 384 g/mol. The molecule has 5 amide bonds. The Morgan fingerprint density at radius 1 is 1.04 bits per heavy atom. The van der Waals surface area contributed by atoms with Gasteiger partial charge in [-0.2, -0.15) is 0 Å². The van der Waals surface area contributed by atoms with Crippen molar-refractivity contribution >= 4 is 29.4 Å². The second-order valence-electron chi connectivity index (χ2n) is 7.66. The van der Waals surface area contributed by atoms with Gasteiger partial charge >= 0.3 is 6.03 Å². The van der Waals surface area contributed by atoms with E-state index in [0.717, 1.165) is 17.7 Å². The number of benzene rings is 1. The van der Waals surface area contributed by atoms with Crippen molar-refractivity contribution in [2.24, 2.45) is 5.92 Å². The first-order chi connectivity index (χ1) is 13.5. The Kier molecular flexibility index (Phi) is 5.02. The van der Waals surface area contributed by atoms with Crippen LogP contribution in [0, 0.1) is 5.92 Å². The second kappa shape index (κ2) is 7.61. The summed E-state index contributed by atoms with van der Waals surface area (Å²) in [4.78, 5) is 52.1. The van der Waals surface area contributed by atoms with Gasteiger partial charge in [0.05, 0.1) is 12.1 Å². The molecular weight excluding hydrogens is 360 g/mol. The van der Waals surface area contributed by atoms with Crippen molar-refractivity contribution in [3.8, 4) is 0 Å². The van der Waals surface area contributed by atoms with Gasteiger partial charge in [0.1, 0.15) is 6.04 Å². The molecule has 2 heterocycles. The Morgan fingerprint density at radius 3 is 2.36 bits per heavy atom. The van der Waals surface area contributed by atoms with Gasteiger partial charge < -0.3 is 15.5 Å². The van der Waals surface area contributed by atoms with E-state index in [2.05, 4.69) is 10.6 Å². The molecule has 4 rings (SSSR count). The summed E-state index contributed by atoms with van der Waals surface area (Å²) < 4.78 is 0. The van der Waals surface area contributed by atoms with E-state index in [1.165, 1.54) is 0 Å². The van der Waals surface area contributed by atoms with Gasteiger partial charge in [-0.25, -0.2) is 9.69 Å². The number of imide groups is 1. The van der Waals surface area contributed by atoms with E-state index in [0.29, 0.717) is 31.6 Å². The van der Waals surface area contributed by atoms with Crippen molar-refractivity contribution in [2.45, 2.75) is 44.2 Å². The fourth-order valence-electron chi connectivity index (χ4n) is 3.80. The molecule has 3 fully saturated rings. The first-order valence-corrected chi connectivity index (χ1v) is 9.80. The van der Waals surface area contributed by atoms with E-state index in [4.69, 9.17) is 0 Å². The van der Waals surface area contributed by atoms with Gasteiger partial charge in [0.15, 0.2) is 0 Å². The third-order valence-corrected chi connectivity index (χ3v) is 5.52. The summed E-state index contributed by atoms with van der Waals surface area (Å²) in [6.45, 7) is 1.31. The van der Waals surface area contributed by atoms with Crippen LogP contribution >= 0.6 is 0 Å². The zero-order valence-corrected chi connectivity index (χ0v) is 15.6. The minimum absolute atomic E-state index is 0.00631. The van der Waals surface area contributed by atoms with Crippen LogP contribution in [0.4, 0.5) is 10.5 Å². The van der Waals surface area contributed by atoms with Crippen LogP contribution in [0.1, 0.15) is 32.1 Å². The van der Waals surface area contributed by atoms with Crippen LogP contribution in [0.25, 0.3) is 0 Å². The zero-order valence-electron chi connectivity index (χ0n) is 15.6. The maximum Gasteiger partial charge on any atom is 0.329 e. The second-order valence-corrected chi connectivity index (χ2v) is 7.66. The molecule has 1 aromatic carbocycles. The zero-order chi connectivity index (χ0) is 19.7. The molecule has 0 aromatic heterocycles. The molecule has 1 saturated carbocycles. The average Bonchev–Trinajstić information content (AvgIpc) is 3.50. The summed E-state index contributed by atoms with van der Waals surface area (Å²) in [6.07, 6.45) is 3.33. The third-order valence-electron chi connectivity index (χ3n) is 5.52. The van der Waals surface area contributed by atoms with Crippen LogP contribution in [-0.2, 0) is 14.4 Å². The molecule has 8 nitrogen and oxygen atoms in total. The molecule has 148 valence electrons. The Morgan fingerprint density at radius 2 is 1.71 bits per heavy atom. The number of piperidine rings is 1. The fourth-order valence-corrected chi connectivity index (χ4v) is 3.80. The van der Waals surface area contributed by atoms with Gasteiger partial charge in [-0.05, 0) is 37.8 Å². The van der Waals surface area contributed by atoms with Crippen molar-refractivity contribution < 1.29 is 19.2 Å². The topological polar surface area (TPSA) is 98.8 Å². The lowest BCUT2D eigenvalue weighted by Gasteiger charge is -2.32. The number of nitrogens with zero attached hydrogens (tertiary/aromatic N) is 2. The molecule has 8 heteroatoms. The Labute approximate surface area is 163 Å². The number of carbonyl (C=O) groups excluding carboxylic acids is 4. The molecule has 1 aliphatic carbocycles. The van der Waals surface area contributed by atoms with Crippen LogP contribution in [0.3, 0.4) is 0 Å². The Balaban J connectivity index is 1.27. The maximum absolute atomic E-state index is 12.6. The fraction of sp³-hybridized carbons (Fsp3) is 0.500. The number of para-hydroxylation sites is 1. The lowest BCUT2D eigenvalue weighted by atomic mass is 10.0. The highest BCUT2D eigenvalue weighted by atomic mass is 16.2. The lowest BCUT2D eigenvalue weighted by molar-refractivity contribution is -0.133. The smallest absolute Gasteiger partial charge is 0.329 e. The number of urea groups is 1. The molecule has 1 unspecified atom stereocenters. The van der Waals surface area contributed by atoms with Crippen LogP contribution in [0.2, 0.25) is 0 Å². The van der Waals surface area contributed by atoms with Gasteiger partial charge in [0.25, 0.3) is 5.91 Å². The van der Waals surface area contributed by atoms with E-state index in [-0.39, 0.29) is 30.2 Å². The molecule has 28 heavy (non-hydrogen) atoms. The van der Waals surface area contributed by atoms with E-state index in [1.54, 1.807) is 30.3 Å². The normalized spacial score (nSPS) is 22.9. The summed E-state index contributed by atoms with van der Waals surface area (Å²) in [7, 11) is 0. The van der Waals surface area contributed by atoms with E-state index < -0.39 is 18.0 Å². The lowest BCUT2D eigenvalue weighted by Crippen LogP contribution is -2.48. The van der Waals surface area contributed by atoms with Gasteiger partial charge in [0.2, 0.25) is 11.8 Å². The molecule has 1 atom stereocenters. The summed E-state index contributed by atoms with van der Waals surface area (Å²) >= 11 is 0. The number of anilines is 1. The Bertz CT molecular complexity index is 785. The molecule has 0 radical (unpaired) electrons. The van der Waals surface area contributed by atoms with Crippen molar-refractivity contribution in [3.63, 3.8) is 0 Å². The van der Waals surface area contributed by atoms with E-state index >= 15 is 0 Å². The molecule has 1 aromatic rings. The number of likely N-dealkylation sites (tertiary alicyclic amines) is 1. The van der Waals surface area contributed by atoms with Crippen molar-refractivity contribution in [2.75, 3.05) is 18.0 Å². The van der Waals surface area contributed by atoms with Crippen molar-refractivity contribution in [1.82, 2.24) is 15.5 Å². The standard InChI is InChI=1S/C20H24N4O4/c25-17(21-14-8-10-23(11-9-14)18(26)13-6-7-13)12-16-19(27)24(20(28)22-16)15-4-2-1-3-5-15/h1-5,13-14,16H,6-12H2,(H,21,25)(H,22,28). The maximum atomic E-state index is 12.6. The monoisotopic (exact) mass is 384 g/mol. The van der Waals surface area contributed by atoms with Crippen LogP contribution in [-0.4, -0.2) is 53.8 Å². The highest BCUT2D eigenvalue weighted by Crippen LogP contribution is 2.32. The van der Waals surface area contributed by atoms with Crippen molar-refractivity contribution in [1.29, 1.82) is 0 Å². The third kappa shape index (κ3) is 3.85. The van der Waals surface area contributed by atoms with Crippen molar-refractivity contribution in [3.05, 3.63) is 30.3 Å². The predicted molar refractivity (Wildman–Crippen MR) is 101 cm³/mol. The molecule has 2 N–H and O–H groups in total. The molecule has 0 bridgehead atoms. The van der Waals surface area contributed by atoms with E-state index in [9.17, 15) is 19.2 Å². The SMILES string of the molecule is O=C(CC1NC(=O)N(c2ccccc2)C1=O)NC1CCN(C(=O)C2CC2)CC1. The Hall–Kier alpha value is -2.90.